The van der Waals surface area contributed by atoms with Gasteiger partial charge in [0.05, 0.1) is 24.1 Å². The number of anilines is 1. The number of carbonyl (C=O) groups is 2. The lowest BCUT2D eigenvalue weighted by Crippen LogP contribution is -2.42. The number of aromatic nitrogens is 2. The Morgan fingerprint density at radius 2 is 1.89 bits per heavy atom. The monoisotopic (exact) mass is 375 g/mol. The van der Waals surface area contributed by atoms with Crippen molar-refractivity contribution >= 4 is 17.8 Å². The first-order valence-electron chi connectivity index (χ1n) is 8.41. The fourth-order valence-corrected chi connectivity index (χ4v) is 2.95. The number of likely N-dealkylation sites (N-methyl/N-ethyl adjacent to an activating group) is 1. The number of likely N-dealkylation sites (tertiary alicyclic amines) is 1. The summed E-state index contributed by atoms with van der Waals surface area (Å²) in [6.07, 6.45) is 3.36. The Balaban J connectivity index is 1.64. The van der Waals surface area contributed by atoms with Crippen LogP contribution in [0.3, 0.4) is 0 Å². The second kappa shape index (κ2) is 7.65. The van der Waals surface area contributed by atoms with Crippen molar-refractivity contribution in [2.45, 2.75) is 19.4 Å². The maximum Gasteiger partial charge on any atom is 0.323 e. The molecule has 142 valence electrons. The van der Waals surface area contributed by atoms with Crippen LogP contribution in [0.4, 0.5) is 19.4 Å². The number of nitrogens with zero attached hydrogens (tertiary/aromatic N) is 4. The van der Waals surface area contributed by atoms with Gasteiger partial charge in [-0.25, -0.2) is 18.6 Å². The number of rotatable bonds is 3. The predicted molar refractivity (Wildman–Crippen MR) is 94.8 cm³/mol. The third-order valence-electron chi connectivity index (χ3n) is 4.52. The van der Waals surface area contributed by atoms with E-state index in [0.29, 0.717) is 19.5 Å². The summed E-state index contributed by atoms with van der Waals surface area (Å²) in [6, 6.07) is 2.64. The summed E-state index contributed by atoms with van der Waals surface area (Å²) < 4.78 is 26.6. The van der Waals surface area contributed by atoms with E-state index in [1.165, 1.54) is 24.2 Å². The topological polar surface area (TPSA) is 78.4 Å². The van der Waals surface area contributed by atoms with Crippen molar-refractivity contribution in [3.63, 3.8) is 0 Å². The minimum atomic E-state index is -0.707. The molecule has 2 heterocycles. The standard InChI is InChI=1S/C18H19F2N5O2/c1-11(26)25-4-3-15(10-25)24(2)18(27)23-17-9-21-16(8-22-17)12-5-13(19)7-14(20)6-12/h5-9,15H,3-4,10H2,1-2H3,(H,22,23,27)/t15-/m0/s1. The van der Waals surface area contributed by atoms with Crippen molar-refractivity contribution in [2.75, 3.05) is 25.5 Å². The van der Waals surface area contributed by atoms with E-state index in [1.54, 1.807) is 11.9 Å². The van der Waals surface area contributed by atoms with Crippen molar-refractivity contribution in [3.05, 3.63) is 42.2 Å². The number of benzene rings is 1. The van der Waals surface area contributed by atoms with Gasteiger partial charge in [0, 0.05) is 38.7 Å². The predicted octanol–water partition coefficient (Wildman–Crippen LogP) is 2.51. The number of urea groups is 1. The van der Waals surface area contributed by atoms with Gasteiger partial charge in [-0.3, -0.25) is 15.1 Å². The molecular formula is C18H19F2N5O2. The third kappa shape index (κ3) is 4.36. The van der Waals surface area contributed by atoms with Crippen LogP contribution in [-0.4, -0.2) is 57.9 Å². The maximum absolute atomic E-state index is 13.3. The highest BCUT2D eigenvalue weighted by atomic mass is 19.1. The van der Waals surface area contributed by atoms with E-state index < -0.39 is 11.6 Å². The van der Waals surface area contributed by atoms with Crippen molar-refractivity contribution in [1.82, 2.24) is 19.8 Å². The molecule has 0 bridgehead atoms. The highest BCUT2D eigenvalue weighted by molar-refractivity contribution is 5.88. The van der Waals surface area contributed by atoms with E-state index in [2.05, 4.69) is 15.3 Å². The molecule has 0 unspecified atom stereocenters. The number of carbonyl (C=O) groups excluding carboxylic acids is 2. The molecule has 7 nitrogen and oxygen atoms in total. The molecular weight excluding hydrogens is 356 g/mol. The molecule has 0 saturated carbocycles. The van der Waals surface area contributed by atoms with Crippen LogP contribution in [0.25, 0.3) is 11.3 Å². The Morgan fingerprint density at radius 3 is 2.44 bits per heavy atom. The Kier molecular flexibility index (Phi) is 5.29. The van der Waals surface area contributed by atoms with Crippen LogP contribution in [0.5, 0.6) is 0 Å². The molecule has 27 heavy (non-hydrogen) atoms. The van der Waals surface area contributed by atoms with Gasteiger partial charge in [0.1, 0.15) is 11.6 Å². The third-order valence-corrected chi connectivity index (χ3v) is 4.52. The van der Waals surface area contributed by atoms with Gasteiger partial charge >= 0.3 is 6.03 Å². The molecule has 3 rings (SSSR count). The van der Waals surface area contributed by atoms with Crippen molar-refractivity contribution in [3.8, 4) is 11.3 Å². The lowest BCUT2D eigenvalue weighted by molar-refractivity contribution is -0.127. The van der Waals surface area contributed by atoms with Gasteiger partial charge in [0.15, 0.2) is 5.82 Å². The molecule has 1 aliphatic rings. The molecule has 0 spiro atoms. The fraction of sp³-hybridized carbons (Fsp3) is 0.333. The summed E-state index contributed by atoms with van der Waals surface area (Å²) in [5.41, 5.74) is 0.540. The Morgan fingerprint density at radius 1 is 1.19 bits per heavy atom. The minimum absolute atomic E-state index is 0.0125. The molecule has 1 aromatic carbocycles. The van der Waals surface area contributed by atoms with Crippen LogP contribution in [0.15, 0.2) is 30.6 Å². The van der Waals surface area contributed by atoms with E-state index in [9.17, 15) is 18.4 Å². The number of hydrogen-bond donors (Lipinski definition) is 1. The molecule has 9 heteroatoms. The molecule has 1 fully saturated rings. The molecule has 1 aliphatic heterocycles. The summed E-state index contributed by atoms with van der Waals surface area (Å²) in [7, 11) is 1.65. The molecule has 0 aliphatic carbocycles. The molecule has 1 atom stereocenters. The number of halogens is 2. The van der Waals surface area contributed by atoms with Gasteiger partial charge in [0.25, 0.3) is 0 Å². The van der Waals surface area contributed by atoms with Crippen LogP contribution in [-0.2, 0) is 4.79 Å². The van der Waals surface area contributed by atoms with Crippen LogP contribution in [0.2, 0.25) is 0 Å². The average Bonchev–Trinajstić information content (AvgIpc) is 3.11. The Bertz CT molecular complexity index is 839. The fourth-order valence-electron chi connectivity index (χ4n) is 2.95. The van der Waals surface area contributed by atoms with E-state index >= 15 is 0 Å². The normalized spacial score (nSPS) is 16.3. The van der Waals surface area contributed by atoms with Crippen LogP contribution >= 0.6 is 0 Å². The van der Waals surface area contributed by atoms with Gasteiger partial charge in [-0.1, -0.05) is 0 Å². The summed E-state index contributed by atoms with van der Waals surface area (Å²) in [6.45, 7) is 2.62. The molecule has 1 aromatic heterocycles. The van der Waals surface area contributed by atoms with Crippen LogP contribution in [0.1, 0.15) is 13.3 Å². The van der Waals surface area contributed by atoms with Gasteiger partial charge in [0.2, 0.25) is 5.91 Å². The van der Waals surface area contributed by atoms with E-state index in [-0.39, 0.29) is 35.1 Å². The minimum Gasteiger partial charge on any atom is -0.341 e. The first kappa shape index (κ1) is 18.7. The quantitative estimate of drug-likeness (QED) is 0.894. The van der Waals surface area contributed by atoms with Crippen LogP contribution in [0, 0.1) is 11.6 Å². The van der Waals surface area contributed by atoms with Gasteiger partial charge in [-0.15, -0.1) is 0 Å². The summed E-state index contributed by atoms with van der Waals surface area (Å²) in [4.78, 5) is 35.2. The molecule has 0 radical (unpaired) electrons. The molecule has 1 saturated heterocycles. The first-order chi connectivity index (χ1) is 12.8. The van der Waals surface area contributed by atoms with E-state index in [4.69, 9.17) is 0 Å². The van der Waals surface area contributed by atoms with Crippen molar-refractivity contribution in [1.29, 1.82) is 0 Å². The highest BCUT2D eigenvalue weighted by Crippen LogP contribution is 2.20. The first-order valence-corrected chi connectivity index (χ1v) is 8.41. The summed E-state index contributed by atoms with van der Waals surface area (Å²) >= 11 is 0. The van der Waals surface area contributed by atoms with Gasteiger partial charge < -0.3 is 9.80 Å². The second-order valence-corrected chi connectivity index (χ2v) is 6.39. The SMILES string of the molecule is CC(=O)N1CC[C@H](N(C)C(=O)Nc2cnc(-c3cc(F)cc(F)c3)cn2)C1. The van der Waals surface area contributed by atoms with E-state index in [0.717, 1.165) is 18.2 Å². The summed E-state index contributed by atoms with van der Waals surface area (Å²) in [5.74, 6) is -1.21. The largest absolute Gasteiger partial charge is 0.341 e. The number of hydrogen-bond acceptors (Lipinski definition) is 4. The molecule has 3 amide bonds. The average molecular weight is 375 g/mol. The zero-order valence-corrected chi connectivity index (χ0v) is 14.9. The second-order valence-electron chi connectivity index (χ2n) is 6.39. The number of amides is 3. The zero-order valence-electron chi connectivity index (χ0n) is 14.9. The van der Waals surface area contributed by atoms with Gasteiger partial charge in [-0.05, 0) is 18.6 Å². The number of nitrogens with one attached hydrogen (secondary N) is 1. The Hall–Kier alpha value is -3.10. The molecule has 2 aromatic rings. The van der Waals surface area contributed by atoms with Gasteiger partial charge in [-0.2, -0.15) is 0 Å². The molecule has 1 N–H and O–H groups in total. The smallest absolute Gasteiger partial charge is 0.323 e. The Labute approximate surface area is 155 Å². The lowest BCUT2D eigenvalue weighted by Gasteiger charge is -2.24. The highest BCUT2D eigenvalue weighted by Gasteiger charge is 2.29. The maximum atomic E-state index is 13.3. The summed E-state index contributed by atoms with van der Waals surface area (Å²) in [5, 5.41) is 2.63. The lowest BCUT2D eigenvalue weighted by atomic mass is 10.1. The van der Waals surface area contributed by atoms with Crippen LogP contribution < -0.4 is 5.32 Å². The van der Waals surface area contributed by atoms with Crippen molar-refractivity contribution in [2.24, 2.45) is 0 Å². The zero-order chi connectivity index (χ0) is 19.6. The van der Waals surface area contributed by atoms with E-state index in [1.807, 2.05) is 0 Å². The van der Waals surface area contributed by atoms with Crippen molar-refractivity contribution < 1.29 is 18.4 Å².